The molecule has 4 N–H and O–H groups in total. The molecule has 0 aromatic heterocycles. The molecule has 0 fully saturated rings. The number of guanidine groups is 1. The van der Waals surface area contributed by atoms with Crippen molar-refractivity contribution in [3.05, 3.63) is 35.4 Å². The van der Waals surface area contributed by atoms with Gasteiger partial charge in [0.1, 0.15) is 0 Å². The molecule has 0 heterocycles. The second kappa shape index (κ2) is 14.8. The fraction of sp³-hybridized carbons (Fsp3) is 0.652. The first-order valence-electron chi connectivity index (χ1n) is 11.0. The Labute approximate surface area is 182 Å². The summed E-state index contributed by atoms with van der Waals surface area (Å²) in [5.41, 5.74) is 1.64. The van der Waals surface area contributed by atoms with Gasteiger partial charge in [0.2, 0.25) is 0 Å². The number of hydrogen-bond acceptors (Lipinski definition) is 4. The van der Waals surface area contributed by atoms with Crippen LogP contribution in [-0.4, -0.2) is 68.8 Å². The van der Waals surface area contributed by atoms with Crippen molar-refractivity contribution in [3.63, 3.8) is 0 Å². The SMILES string of the molecule is CCNC(=NCc1cccc(C(=O)NCCN(C)C)c1)NCC(CCO)CC(C)C. The fourth-order valence-corrected chi connectivity index (χ4v) is 3.21. The monoisotopic (exact) mass is 419 g/mol. The topological polar surface area (TPSA) is 89.0 Å². The highest BCUT2D eigenvalue weighted by Gasteiger charge is 2.11. The maximum atomic E-state index is 12.3. The van der Waals surface area contributed by atoms with Crippen LogP contribution in [0.1, 0.15) is 49.5 Å². The third kappa shape index (κ3) is 11.2. The lowest BCUT2D eigenvalue weighted by atomic mass is 9.94. The van der Waals surface area contributed by atoms with Crippen LogP contribution in [0.25, 0.3) is 0 Å². The van der Waals surface area contributed by atoms with Crippen LogP contribution in [0.5, 0.6) is 0 Å². The Hall–Kier alpha value is -2.12. The Morgan fingerprint density at radius 2 is 1.97 bits per heavy atom. The summed E-state index contributed by atoms with van der Waals surface area (Å²) in [4.78, 5) is 19.0. The largest absolute Gasteiger partial charge is 0.396 e. The molecule has 0 saturated carbocycles. The maximum absolute atomic E-state index is 12.3. The van der Waals surface area contributed by atoms with E-state index < -0.39 is 0 Å². The van der Waals surface area contributed by atoms with Crippen molar-refractivity contribution in [2.45, 2.75) is 40.2 Å². The Morgan fingerprint density at radius 3 is 2.60 bits per heavy atom. The average Bonchev–Trinajstić information content (AvgIpc) is 2.69. The van der Waals surface area contributed by atoms with Crippen molar-refractivity contribution in [1.29, 1.82) is 0 Å². The molecule has 0 saturated heterocycles. The van der Waals surface area contributed by atoms with Gasteiger partial charge < -0.3 is 26.0 Å². The molecule has 7 heteroatoms. The van der Waals surface area contributed by atoms with Crippen molar-refractivity contribution in [2.24, 2.45) is 16.8 Å². The molecule has 1 aromatic carbocycles. The van der Waals surface area contributed by atoms with Gasteiger partial charge in [-0.15, -0.1) is 0 Å². The molecule has 0 aliphatic carbocycles. The number of likely N-dealkylation sites (N-methyl/N-ethyl adjacent to an activating group) is 1. The Kier molecular flexibility index (Phi) is 12.8. The van der Waals surface area contributed by atoms with Gasteiger partial charge in [-0.05, 0) is 63.4 Å². The average molecular weight is 420 g/mol. The molecule has 1 rings (SSSR count). The van der Waals surface area contributed by atoms with Crippen molar-refractivity contribution >= 4 is 11.9 Å². The van der Waals surface area contributed by atoms with Gasteiger partial charge in [-0.3, -0.25) is 4.79 Å². The standard InChI is InChI=1S/C23H41N5O2/c1-6-24-23(27-17-20(10-13-29)14-18(2)3)26-16-19-8-7-9-21(15-19)22(30)25-11-12-28(4)5/h7-9,15,18,20,29H,6,10-14,16-17H2,1-5H3,(H,25,30)(H2,24,26,27). The van der Waals surface area contributed by atoms with Gasteiger partial charge >= 0.3 is 0 Å². The van der Waals surface area contributed by atoms with Gasteiger partial charge in [-0.25, -0.2) is 4.99 Å². The van der Waals surface area contributed by atoms with Crippen LogP contribution >= 0.6 is 0 Å². The van der Waals surface area contributed by atoms with Crippen molar-refractivity contribution in [1.82, 2.24) is 20.9 Å². The quantitative estimate of drug-likeness (QED) is 0.290. The lowest BCUT2D eigenvalue weighted by Gasteiger charge is -2.20. The number of aliphatic imine (C=N–C) groups is 1. The first-order chi connectivity index (χ1) is 14.3. The number of rotatable bonds is 13. The number of nitrogens with one attached hydrogen (secondary N) is 3. The first-order valence-corrected chi connectivity index (χ1v) is 11.0. The van der Waals surface area contributed by atoms with Crippen molar-refractivity contribution in [3.8, 4) is 0 Å². The second-order valence-electron chi connectivity index (χ2n) is 8.34. The lowest BCUT2D eigenvalue weighted by Crippen LogP contribution is -2.40. The second-order valence-corrected chi connectivity index (χ2v) is 8.34. The molecule has 30 heavy (non-hydrogen) atoms. The molecule has 7 nitrogen and oxygen atoms in total. The molecular weight excluding hydrogens is 378 g/mol. The molecule has 1 atom stereocenters. The number of carbonyl (C=O) groups excluding carboxylic acids is 1. The van der Waals surface area contributed by atoms with Crippen LogP contribution in [0.15, 0.2) is 29.3 Å². The number of aliphatic hydroxyl groups is 1. The van der Waals surface area contributed by atoms with E-state index >= 15 is 0 Å². The van der Waals surface area contributed by atoms with E-state index in [1.807, 2.05) is 50.2 Å². The van der Waals surface area contributed by atoms with Crippen LogP contribution in [0, 0.1) is 11.8 Å². The highest BCUT2D eigenvalue weighted by molar-refractivity contribution is 5.94. The third-order valence-electron chi connectivity index (χ3n) is 4.70. The fourth-order valence-electron chi connectivity index (χ4n) is 3.21. The molecule has 0 bridgehead atoms. The van der Waals surface area contributed by atoms with E-state index in [4.69, 9.17) is 0 Å². The number of nitrogens with zero attached hydrogens (tertiary/aromatic N) is 2. The van der Waals surface area contributed by atoms with Gasteiger partial charge in [-0.1, -0.05) is 26.0 Å². The number of amides is 1. The summed E-state index contributed by atoms with van der Waals surface area (Å²) in [6.45, 7) is 10.1. The number of carbonyl (C=O) groups is 1. The van der Waals surface area contributed by atoms with Gasteiger partial charge in [-0.2, -0.15) is 0 Å². The highest BCUT2D eigenvalue weighted by atomic mass is 16.3. The van der Waals surface area contributed by atoms with E-state index in [0.29, 0.717) is 30.5 Å². The first kappa shape index (κ1) is 25.9. The predicted molar refractivity (Wildman–Crippen MR) is 125 cm³/mol. The van der Waals surface area contributed by atoms with Crippen LogP contribution in [0.3, 0.4) is 0 Å². The minimum absolute atomic E-state index is 0.0618. The van der Waals surface area contributed by atoms with Crippen LogP contribution in [0.4, 0.5) is 0 Å². The van der Waals surface area contributed by atoms with E-state index in [9.17, 15) is 9.90 Å². The summed E-state index contributed by atoms with van der Waals surface area (Å²) in [5, 5.41) is 18.9. The lowest BCUT2D eigenvalue weighted by molar-refractivity contribution is 0.0951. The molecule has 170 valence electrons. The van der Waals surface area contributed by atoms with E-state index in [1.54, 1.807) is 0 Å². The molecule has 0 aliphatic rings. The summed E-state index contributed by atoms with van der Waals surface area (Å²) >= 11 is 0. The molecule has 1 aromatic rings. The molecule has 0 spiro atoms. The van der Waals surface area contributed by atoms with Crippen molar-refractivity contribution in [2.75, 3.05) is 46.9 Å². The molecule has 0 aliphatic heterocycles. The molecule has 1 unspecified atom stereocenters. The zero-order chi connectivity index (χ0) is 22.4. The maximum Gasteiger partial charge on any atom is 0.251 e. The summed E-state index contributed by atoms with van der Waals surface area (Å²) in [6.07, 6.45) is 1.85. The summed E-state index contributed by atoms with van der Waals surface area (Å²) in [7, 11) is 3.96. The van der Waals surface area contributed by atoms with Crippen LogP contribution in [-0.2, 0) is 6.54 Å². The highest BCUT2D eigenvalue weighted by Crippen LogP contribution is 2.14. The summed E-state index contributed by atoms with van der Waals surface area (Å²) in [6, 6.07) is 7.60. The van der Waals surface area contributed by atoms with Gasteiger partial charge in [0.15, 0.2) is 5.96 Å². The zero-order valence-electron chi connectivity index (χ0n) is 19.4. The Bertz CT molecular complexity index is 646. The van der Waals surface area contributed by atoms with E-state index in [2.05, 4.69) is 34.8 Å². The summed E-state index contributed by atoms with van der Waals surface area (Å²) in [5.74, 6) is 1.70. The smallest absolute Gasteiger partial charge is 0.251 e. The van der Waals surface area contributed by atoms with Gasteiger partial charge in [0.25, 0.3) is 5.91 Å². The Morgan fingerprint density at radius 1 is 1.20 bits per heavy atom. The Balaban J connectivity index is 2.69. The minimum Gasteiger partial charge on any atom is -0.396 e. The number of hydrogen-bond donors (Lipinski definition) is 4. The van der Waals surface area contributed by atoms with Gasteiger partial charge in [0.05, 0.1) is 6.54 Å². The van der Waals surface area contributed by atoms with Gasteiger partial charge in [0, 0.05) is 38.3 Å². The van der Waals surface area contributed by atoms with E-state index in [0.717, 1.165) is 44.0 Å². The van der Waals surface area contributed by atoms with Crippen LogP contribution in [0.2, 0.25) is 0 Å². The molecule has 1 amide bonds. The van der Waals surface area contributed by atoms with Crippen molar-refractivity contribution < 1.29 is 9.90 Å². The zero-order valence-corrected chi connectivity index (χ0v) is 19.4. The summed E-state index contributed by atoms with van der Waals surface area (Å²) < 4.78 is 0. The van der Waals surface area contributed by atoms with E-state index in [1.165, 1.54) is 0 Å². The van der Waals surface area contributed by atoms with E-state index in [-0.39, 0.29) is 12.5 Å². The number of aliphatic hydroxyl groups excluding tert-OH is 1. The normalized spacial score (nSPS) is 12.9. The molecule has 0 radical (unpaired) electrons. The minimum atomic E-state index is -0.0618. The number of benzene rings is 1. The molecular formula is C23H41N5O2. The predicted octanol–water partition coefficient (Wildman–Crippen LogP) is 2.08. The third-order valence-corrected chi connectivity index (χ3v) is 4.70. The van der Waals surface area contributed by atoms with Crippen LogP contribution < -0.4 is 16.0 Å².